The Hall–Kier alpha value is -0.940. The van der Waals surface area contributed by atoms with E-state index in [0.29, 0.717) is 0 Å². The van der Waals surface area contributed by atoms with E-state index in [4.69, 9.17) is 0 Å². The third kappa shape index (κ3) is 3.28. The van der Waals surface area contributed by atoms with Crippen molar-refractivity contribution in [2.45, 2.75) is 18.8 Å². The van der Waals surface area contributed by atoms with Crippen LogP contribution in [-0.2, 0) is 0 Å². The average molecular weight is 254 g/mol. The molecule has 1 aliphatic rings. The number of alkyl halides is 3. The Kier molecular flexibility index (Phi) is 4.04. The Labute approximate surface area is 97.2 Å². The maximum atomic E-state index is 11.9. The van der Waals surface area contributed by atoms with Crippen LogP contribution in [0.25, 0.3) is 0 Å². The molecule has 2 nitrogen and oxygen atoms in total. The standard InChI is InChI=1S/C10H10F3NO.ClH/c11-10(12,13)15-8-3-1-2-7(6-8)9-4-5-14-9;/h1-3,6,9,14H,4-5H2;1H/t9-;/m0./s1. The summed E-state index contributed by atoms with van der Waals surface area (Å²) in [4.78, 5) is 0. The van der Waals surface area contributed by atoms with Crippen molar-refractivity contribution in [2.24, 2.45) is 0 Å². The van der Waals surface area contributed by atoms with Crippen molar-refractivity contribution in [1.29, 1.82) is 0 Å². The Morgan fingerprint density at radius 3 is 2.50 bits per heavy atom. The Balaban J connectivity index is 0.00000128. The zero-order valence-electron chi connectivity index (χ0n) is 8.25. The molecule has 6 heteroatoms. The minimum Gasteiger partial charge on any atom is -0.406 e. The summed E-state index contributed by atoms with van der Waals surface area (Å²) >= 11 is 0. The molecule has 0 aromatic heterocycles. The summed E-state index contributed by atoms with van der Waals surface area (Å²) in [5, 5.41) is 3.12. The number of benzene rings is 1. The van der Waals surface area contributed by atoms with E-state index in [9.17, 15) is 13.2 Å². The molecular formula is C10H11ClF3NO. The van der Waals surface area contributed by atoms with Crippen molar-refractivity contribution in [1.82, 2.24) is 5.32 Å². The summed E-state index contributed by atoms with van der Waals surface area (Å²) in [6.07, 6.45) is -3.67. The fourth-order valence-corrected chi connectivity index (χ4v) is 1.50. The summed E-state index contributed by atoms with van der Waals surface area (Å²) in [6, 6.07) is 6.25. The Morgan fingerprint density at radius 1 is 1.31 bits per heavy atom. The predicted octanol–water partition coefficient (Wildman–Crippen LogP) is 3.04. The number of nitrogens with one attached hydrogen (secondary N) is 1. The molecule has 1 fully saturated rings. The fraction of sp³-hybridized carbons (Fsp3) is 0.400. The van der Waals surface area contributed by atoms with Gasteiger partial charge in [-0.3, -0.25) is 0 Å². The van der Waals surface area contributed by atoms with Crippen molar-refractivity contribution in [3.8, 4) is 5.75 Å². The molecule has 1 aromatic carbocycles. The largest absolute Gasteiger partial charge is 0.573 e. The lowest BCUT2D eigenvalue weighted by atomic mass is 9.98. The first-order chi connectivity index (χ1) is 7.04. The second kappa shape index (κ2) is 4.93. The van der Waals surface area contributed by atoms with Gasteiger partial charge in [-0.25, -0.2) is 0 Å². The van der Waals surface area contributed by atoms with Crippen molar-refractivity contribution in [2.75, 3.05) is 6.54 Å². The van der Waals surface area contributed by atoms with Gasteiger partial charge in [0.15, 0.2) is 0 Å². The number of halogens is 4. The lowest BCUT2D eigenvalue weighted by Gasteiger charge is -2.28. The van der Waals surface area contributed by atoms with Crippen molar-refractivity contribution in [3.05, 3.63) is 29.8 Å². The van der Waals surface area contributed by atoms with Gasteiger partial charge in [-0.1, -0.05) is 12.1 Å². The van der Waals surface area contributed by atoms with Gasteiger partial charge in [0.2, 0.25) is 0 Å². The van der Waals surface area contributed by atoms with Gasteiger partial charge in [-0.15, -0.1) is 25.6 Å². The third-order valence-electron chi connectivity index (χ3n) is 2.32. The molecule has 0 aliphatic carbocycles. The van der Waals surface area contributed by atoms with Gasteiger partial charge >= 0.3 is 6.36 Å². The van der Waals surface area contributed by atoms with Crippen LogP contribution in [0.15, 0.2) is 24.3 Å². The van der Waals surface area contributed by atoms with Crippen LogP contribution < -0.4 is 10.1 Å². The van der Waals surface area contributed by atoms with Crippen LogP contribution in [0.1, 0.15) is 18.0 Å². The van der Waals surface area contributed by atoms with Gasteiger partial charge in [-0.05, 0) is 30.7 Å². The van der Waals surface area contributed by atoms with E-state index in [2.05, 4.69) is 10.1 Å². The van der Waals surface area contributed by atoms with Gasteiger partial charge in [0, 0.05) is 6.04 Å². The number of rotatable bonds is 2. The highest BCUT2D eigenvalue weighted by Gasteiger charge is 2.31. The molecule has 1 aromatic rings. The van der Waals surface area contributed by atoms with E-state index < -0.39 is 6.36 Å². The zero-order chi connectivity index (χ0) is 10.9. The molecule has 0 bridgehead atoms. The number of ether oxygens (including phenoxy) is 1. The van der Waals surface area contributed by atoms with Crippen LogP contribution in [0.2, 0.25) is 0 Å². The number of hydrogen-bond donors (Lipinski definition) is 1. The van der Waals surface area contributed by atoms with Crippen LogP contribution in [0.5, 0.6) is 5.75 Å². The first kappa shape index (κ1) is 13.1. The van der Waals surface area contributed by atoms with E-state index in [1.54, 1.807) is 12.1 Å². The van der Waals surface area contributed by atoms with Crippen LogP contribution in [0.3, 0.4) is 0 Å². The fourth-order valence-electron chi connectivity index (χ4n) is 1.50. The van der Waals surface area contributed by atoms with Crippen LogP contribution in [-0.4, -0.2) is 12.9 Å². The van der Waals surface area contributed by atoms with Crippen molar-refractivity contribution >= 4 is 12.4 Å². The summed E-state index contributed by atoms with van der Waals surface area (Å²) in [5.41, 5.74) is 0.836. The molecule has 1 atom stereocenters. The van der Waals surface area contributed by atoms with Gasteiger partial charge < -0.3 is 10.1 Å². The highest BCUT2D eigenvalue weighted by molar-refractivity contribution is 5.85. The minimum absolute atomic E-state index is 0. The van der Waals surface area contributed by atoms with E-state index in [0.717, 1.165) is 18.5 Å². The topological polar surface area (TPSA) is 21.3 Å². The van der Waals surface area contributed by atoms with Gasteiger partial charge in [-0.2, -0.15) is 0 Å². The van der Waals surface area contributed by atoms with Gasteiger partial charge in [0.25, 0.3) is 0 Å². The van der Waals surface area contributed by atoms with Crippen LogP contribution in [0, 0.1) is 0 Å². The predicted molar refractivity (Wildman–Crippen MR) is 55.7 cm³/mol. The molecule has 0 saturated carbocycles. The van der Waals surface area contributed by atoms with Crippen LogP contribution >= 0.6 is 12.4 Å². The average Bonchev–Trinajstić information content (AvgIpc) is 1.97. The monoisotopic (exact) mass is 253 g/mol. The van der Waals surface area contributed by atoms with E-state index in [1.165, 1.54) is 12.1 Å². The molecular weight excluding hydrogens is 243 g/mol. The van der Waals surface area contributed by atoms with Gasteiger partial charge in [0.05, 0.1) is 0 Å². The molecule has 2 rings (SSSR count). The highest BCUT2D eigenvalue weighted by atomic mass is 35.5. The first-order valence-electron chi connectivity index (χ1n) is 4.64. The molecule has 1 heterocycles. The summed E-state index contributed by atoms with van der Waals surface area (Å²) in [7, 11) is 0. The summed E-state index contributed by atoms with van der Waals surface area (Å²) in [6.45, 7) is 0.912. The van der Waals surface area contributed by atoms with E-state index in [-0.39, 0.29) is 24.2 Å². The molecule has 0 radical (unpaired) electrons. The van der Waals surface area contributed by atoms with E-state index in [1.807, 2.05) is 0 Å². The molecule has 90 valence electrons. The normalized spacial score (nSPS) is 19.6. The Morgan fingerprint density at radius 2 is 2.00 bits per heavy atom. The quantitative estimate of drug-likeness (QED) is 0.875. The third-order valence-corrected chi connectivity index (χ3v) is 2.32. The maximum Gasteiger partial charge on any atom is 0.573 e. The molecule has 1 saturated heterocycles. The van der Waals surface area contributed by atoms with Crippen LogP contribution in [0.4, 0.5) is 13.2 Å². The SMILES string of the molecule is Cl.FC(F)(F)Oc1cccc([C@@H]2CCN2)c1. The minimum atomic E-state index is -4.62. The van der Waals surface area contributed by atoms with Crippen molar-refractivity contribution in [3.63, 3.8) is 0 Å². The summed E-state index contributed by atoms with van der Waals surface area (Å²) < 4.78 is 39.6. The highest BCUT2D eigenvalue weighted by Crippen LogP contribution is 2.28. The Bertz CT molecular complexity index is 352. The van der Waals surface area contributed by atoms with Crippen molar-refractivity contribution < 1.29 is 17.9 Å². The van der Waals surface area contributed by atoms with E-state index >= 15 is 0 Å². The van der Waals surface area contributed by atoms with Gasteiger partial charge in [0.1, 0.15) is 5.75 Å². The summed E-state index contributed by atoms with van der Waals surface area (Å²) in [5.74, 6) is -0.159. The molecule has 16 heavy (non-hydrogen) atoms. The number of hydrogen-bond acceptors (Lipinski definition) is 2. The molecule has 0 spiro atoms. The first-order valence-corrected chi connectivity index (χ1v) is 4.64. The maximum absolute atomic E-state index is 11.9. The smallest absolute Gasteiger partial charge is 0.406 e. The molecule has 0 amide bonds. The lowest BCUT2D eigenvalue weighted by molar-refractivity contribution is -0.274. The molecule has 1 aliphatic heterocycles. The second-order valence-corrected chi connectivity index (χ2v) is 3.42. The second-order valence-electron chi connectivity index (χ2n) is 3.42. The molecule has 1 N–H and O–H groups in total. The lowest BCUT2D eigenvalue weighted by Crippen LogP contribution is -2.34. The molecule has 0 unspecified atom stereocenters. The zero-order valence-corrected chi connectivity index (χ0v) is 9.07.